The van der Waals surface area contributed by atoms with Crippen molar-refractivity contribution in [1.82, 2.24) is 24.8 Å². The van der Waals surface area contributed by atoms with Gasteiger partial charge in [0.25, 0.3) is 5.91 Å². The van der Waals surface area contributed by atoms with E-state index in [-0.39, 0.29) is 11.9 Å². The molecule has 0 atom stereocenters. The van der Waals surface area contributed by atoms with Gasteiger partial charge in [0.15, 0.2) is 5.82 Å². The summed E-state index contributed by atoms with van der Waals surface area (Å²) in [5.74, 6) is 1.22. The summed E-state index contributed by atoms with van der Waals surface area (Å²) in [5, 5.41) is 3.89. The van der Waals surface area contributed by atoms with E-state index in [1.807, 2.05) is 6.92 Å². The van der Waals surface area contributed by atoms with E-state index in [0.29, 0.717) is 31.1 Å². The fourth-order valence-corrected chi connectivity index (χ4v) is 3.27. The van der Waals surface area contributed by atoms with Crippen LogP contribution in [0.5, 0.6) is 0 Å². The SMILES string of the molecule is CCc1noc(CN2CCC3(CC2)C(=O)N(C)C(=O)N3C)n1. The zero-order valence-corrected chi connectivity index (χ0v) is 13.2. The van der Waals surface area contributed by atoms with Crippen LogP contribution in [0, 0.1) is 0 Å². The molecule has 0 saturated carbocycles. The minimum Gasteiger partial charge on any atom is -0.338 e. The molecular weight excluding hydrogens is 286 g/mol. The number of aromatic nitrogens is 2. The van der Waals surface area contributed by atoms with E-state index in [1.54, 1.807) is 19.0 Å². The van der Waals surface area contributed by atoms with E-state index in [0.717, 1.165) is 19.5 Å². The van der Waals surface area contributed by atoms with Crippen molar-refractivity contribution in [3.63, 3.8) is 0 Å². The summed E-state index contributed by atoms with van der Waals surface area (Å²) < 4.78 is 5.21. The van der Waals surface area contributed by atoms with Crippen molar-refractivity contribution in [1.29, 1.82) is 0 Å². The van der Waals surface area contributed by atoms with Gasteiger partial charge < -0.3 is 9.42 Å². The Labute approximate surface area is 129 Å². The Balaban J connectivity index is 1.65. The summed E-state index contributed by atoms with van der Waals surface area (Å²) in [7, 11) is 3.26. The summed E-state index contributed by atoms with van der Waals surface area (Å²) in [5.41, 5.74) is -0.675. The second kappa shape index (κ2) is 5.35. The van der Waals surface area contributed by atoms with Gasteiger partial charge in [-0.05, 0) is 12.8 Å². The second-order valence-corrected chi connectivity index (χ2v) is 5.97. The molecule has 2 aliphatic rings. The second-order valence-electron chi connectivity index (χ2n) is 5.97. The number of piperidine rings is 1. The zero-order chi connectivity index (χ0) is 15.9. The predicted molar refractivity (Wildman–Crippen MR) is 76.8 cm³/mol. The summed E-state index contributed by atoms with van der Waals surface area (Å²) >= 11 is 0. The molecule has 22 heavy (non-hydrogen) atoms. The van der Waals surface area contributed by atoms with Crippen molar-refractivity contribution < 1.29 is 14.1 Å². The smallest absolute Gasteiger partial charge is 0.327 e. The fourth-order valence-electron chi connectivity index (χ4n) is 3.27. The first-order valence-electron chi connectivity index (χ1n) is 7.57. The molecule has 120 valence electrons. The lowest BCUT2D eigenvalue weighted by atomic mass is 9.86. The Kier molecular flexibility index (Phi) is 3.64. The molecule has 0 unspecified atom stereocenters. The molecule has 0 aliphatic carbocycles. The zero-order valence-electron chi connectivity index (χ0n) is 13.2. The maximum absolute atomic E-state index is 12.4. The van der Waals surface area contributed by atoms with Crippen LogP contribution in [0.4, 0.5) is 4.79 Å². The lowest BCUT2D eigenvalue weighted by molar-refractivity contribution is -0.134. The quantitative estimate of drug-likeness (QED) is 0.756. The number of hydrogen-bond acceptors (Lipinski definition) is 6. The highest BCUT2D eigenvalue weighted by atomic mass is 16.5. The van der Waals surface area contributed by atoms with Crippen LogP contribution in [0.3, 0.4) is 0 Å². The highest BCUT2D eigenvalue weighted by molar-refractivity contribution is 6.06. The Morgan fingerprint density at radius 3 is 2.41 bits per heavy atom. The van der Waals surface area contributed by atoms with E-state index in [9.17, 15) is 9.59 Å². The number of urea groups is 1. The van der Waals surface area contributed by atoms with Gasteiger partial charge in [0.1, 0.15) is 5.54 Å². The van der Waals surface area contributed by atoms with Crippen LogP contribution in [0.25, 0.3) is 0 Å². The monoisotopic (exact) mass is 307 g/mol. The number of rotatable bonds is 3. The number of carbonyl (C=O) groups is 2. The summed E-state index contributed by atoms with van der Waals surface area (Å²) in [4.78, 5) is 33.7. The van der Waals surface area contributed by atoms with Gasteiger partial charge in [-0.1, -0.05) is 12.1 Å². The molecule has 8 nitrogen and oxygen atoms in total. The Bertz CT molecular complexity index is 591. The van der Waals surface area contributed by atoms with Crippen LogP contribution < -0.4 is 0 Å². The van der Waals surface area contributed by atoms with Crippen LogP contribution >= 0.6 is 0 Å². The largest absolute Gasteiger partial charge is 0.338 e. The normalized spacial score (nSPS) is 22.1. The van der Waals surface area contributed by atoms with Crippen molar-refractivity contribution >= 4 is 11.9 Å². The molecular formula is C14H21N5O3. The van der Waals surface area contributed by atoms with Gasteiger partial charge in [-0.25, -0.2) is 4.79 Å². The molecule has 8 heteroatoms. The van der Waals surface area contributed by atoms with Gasteiger partial charge in [0, 0.05) is 33.6 Å². The topological polar surface area (TPSA) is 82.8 Å². The molecule has 3 amide bonds. The first-order valence-corrected chi connectivity index (χ1v) is 7.57. The van der Waals surface area contributed by atoms with Crippen LogP contribution in [0.1, 0.15) is 31.5 Å². The van der Waals surface area contributed by atoms with Gasteiger partial charge in [0.05, 0.1) is 6.54 Å². The maximum Gasteiger partial charge on any atom is 0.327 e. The number of imide groups is 1. The van der Waals surface area contributed by atoms with E-state index in [4.69, 9.17) is 4.52 Å². The van der Waals surface area contributed by atoms with Gasteiger partial charge >= 0.3 is 6.03 Å². The molecule has 2 saturated heterocycles. The molecule has 3 rings (SSSR count). The lowest BCUT2D eigenvalue weighted by Crippen LogP contribution is -2.55. The van der Waals surface area contributed by atoms with Crippen LogP contribution in [0.15, 0.2) is 4.52 Å². The fraction of sp³-hybridized carbons (Fsp3) is 0.714. The number of amides is 3. The van der Waals surface area contributed by atoms with Gasteiger partial charge in [-0.15, -0.1) is 0 Å². The highest BCUT2D eigenvalue weighted by Gasteiger charge is 2.55. The van der Waals surface area contributed by atoms with E-state index < -0.39 is 5.54 Å². The van der Waals surface area contributed by atoms with Crippen molar-refractivity contribution in [3.8, 4) is 0 Å². The Morgan fingerprint density at radius 1 is 1.23 bits per heavy atom. The van der Waals surface area contributed by atoms with Crippen molar-refractivity contribution in [2.24, 2.45) is 0 Å². The van der Waals surface area contributed by atoms with Gasteiger partial charge in [-0.3, -0.25) is 14.6 Å². The van der Waals surface area contributed by atoms with Gasteiger partial charge in [-0.2, -0.15) is 4.98 Å². The van der Waals surface area contributed by atoms with Crippen molar-refractivity contribution in [3.05, 3.63) is 11.7 Å². The third-order valence-corrected chi connectivity index (χ3v) is 4.79. The molecule has 0 bridgehead atoms. The lowest BCUT2D eigenvalue weighted by Gasteiger charge is -2.40. The number of likely N-dealkylation sites (tertiary alicyclic amines) is 1. The summed E-state index contributed by atoms with van der Waals surface area (Å²) in [6.45, 7) is 4.02. The maximum atomic E-state index is 12.4. The average molecular weight is 307 g/mol. The van der Waals surface area contributed by atoms with Crippen LogP contribution in [-0.4, -0.2) is 69.5 Å². The molecule has 0 aromatic carbocycles. The third-order valence-electron chi connectivity index (χ3n) is 4.79. The molecule has 2 fully saturated rings. The highest BCUT2D eigenvalue weighted by Crippen LogP contribution is 2.35. The number of carbonyl (C=O) groups excluding carboxylic acids is 2. The van der Waals surface area contributed by atoms with Crippen LogP contribution in [-0.2, 0) is 17.8 Å². The first kappa shape index (κ1) is 15.0. The summed E-state index contributed by atoms with van der Waals surface area (Å²) in [6, 6.07) is -0.220. The number of nitrogens with zero attached hydrogens (tertiary/aromatic N) is 5. The number of hydrogen-bond donors (Lipinski definition) is 0. The molecule has 0 radical (unpaired) electrons. The number of likely N-dealkylation sites (N-methyl/N-ethyl adjacent to an activating group) is 2. The molecule has 1 aromatic rings. The molecule has 1 spiro atoms. The van der Waals surface area contributed by atoms with E-state index >= 15 is 0 Å². The van der Waals surface area contributed by atoms with E-state index in [1.165, 1.54) is 4.90 Å². The molecule has 3 heterocycles. The minimum atomic E-state index is -0.675. The molecule has 2 aliphatic heterocycles. The average Bonchev–Trinajstić information content (AvgIpc) is 3.05. The van der Waals surface area contributed by atoms with Crippen molar-refractivity contribution in [2.75, 3.05) is 27.2 Å². The van der Waals surface area contributed by atoms with Gasteiger partial charge in [0.2, 0.25) is 5.89 Å². The van der Waals surface area contributed by atoms with Crippen molar-refractivity contribution in [2.45, 2.75) is 38.3 Å². The van der Waals surface area contributed by atoms with Crippen LogP contribution in [0.2, 0.25) is 0 Å². The first-order chi connectivity index (χ1) is 10.5. The molecule has 0 N–H and O–H groups in total. The molecule has 1 aromatic heterocycles. The van der Waals surface area contributed by atoms with E-state index in [2.05, 4.69) is 15.0 Å². The Morgan fingerprint density at radius 2 is 1.91 bits per heavy atom. The standard InChI is InChI=1S/C14H21N5O3/c1-4-10-15-11(22-16-10)9-19-7-5-14(6-8-19)12(20)17(2)13(21)18(14)3/h4-9H2,1-3H3. The number of aryl methyl sites for hydroxylation is 1. The Hall–Kier alpha value is -1.96. The minimum absolute atomic E-state index is 0.0919. The predicted octanol–water partition coefficient (Wildman–Crippen LogP) is 0.490. The summed E-state index contributed by atoms with van der Waals surface area (Å²) in [6.07, 6.45) is 2.01. The third kappa shape index (κ3) is 2.18.